The second-order valence-electron chi connectivity index (χ2n) is 6.95. The molecule has 0 fully saturated rings. The molecule has 0 aliphatic rings. The van der Waals surface area contributed by atoms with Crippen molar-refractivity contribution in [2.24, 2.45) is 0 Å². The van der Waals surface area contributed by atoms with Gasteiger partial charge in [0.1, 0.15) is 0 Å². The van der Waals surface area contributed by atoms with Gasteiger partial charge in [0.2, 0.25) is 5.95 Å². The highest BCUT2D eigenvalue weighted by molar-refractivity contribution is 5.95. The van der Waals surface area contributed by atoms with Gasteiger partial charge >= 0.3 is 0 Å². The Morgan fingerprint density at radius 2 is 2.04 bits per heavy atom. The number of hydrogen-bond donors (Lipinski definition) is 1. The van der Waals surface area contributed by atoms with Gasteiger partial charge in [0.25, 0.3) is 5.91 Å². The highest BCUT2D eigenvalue weighted by Crippen LogP contribution is 2.21. The summed E-state index contributed by atoms with van der Waals surface area (Å²) < 4.78 is 1.84. The molecule has 1 N–H and O–H groups in total. The molecule has 0 saturated carbocycles. The van der Waals surface area contributed by atoms with Gasteiger partial charge in [-0.25, -0.2) is 4.68 Å². The van der Waals surface area contributed by atoms with Crippen LogP contribution in [0.3, 0.4) is 0 Å². The molecule has 1 aromatic carbocycles. The summed E-state index contributed by atoms with van der Waals surface area (Å²) in [6.07, 6.45) is 1.79. The van der Waals surface area contributed by atoms with Crippen LogP contribution in [0.4, 0.5) is 5.95 Å². The van der Waals surface area contributed by atoms with Crippen LogP contribution in [0, 0.1) is 6.92 Å². The molecule has 0 spiro atoms. The van der Waals surface area contributed by atoms with E-state index in [1.807, 2.05) is 74.8 Å². The van der Waals surface area contributed by atoms with E-state index in [1.54, 1.807) is 12.3 Å². The zero-order valence-corrected chi connectivity index (χ0v) is 17.0. The van der Waals surface area contributed by atoms with Crippen molar-refractivity contribution in [3.8, 4) is 11.4 Å². The van der Waals surface area contributed by atoms with E-state index in [0.717, 1.165) is 29.3 Å². The second kappa shape index (κ2) is 8.21. The number of nitrogens with zero attached hydrogens (tertiary/aromatic N) is 5. The average molecular weight is 378 g/mol. The molecule has 7 nitrogen and oxygen atoms in total. The van der Waals surface area contributed by atoms with Crippen molar-refractivity contribution in [2.75, 3.05) is 19.0 Å². The second-order valence-corrected chi connectivity index (χ2v) is 6.95. The van der Waals surface area contributed by atoms with Crippen LogP contribution in [0.15, 0.2) is 42.6 Å². The van der Waals surface area contributed by atoms with Crippen LogP contribution in [0.25, 0.3) is 11.4 Å². The third-order valence-electron chi connectivity index (χ3n) is 4.52. The molecule has 0 aliphatic heterocycles. The number of carbonyl (C=O) groups excluding carboxylic acids is 1. The molecule has 0 saturated heterocycles. The van der Waals surface area contributed by atoms with Crippen molar-refractivity contribution in [2.45, 2.75) is 33.4 Å². The van der Waals surface area contributed by atoms with Crippen molar-refractivity contribution < 1.29 is 4.79 Å². The fraction of sp³-hybridized carbons (Fsp3) is 0.333. The Balaban J connectivity index is 1.81. The summed E-state index contributed by atoms with van der Waals surface area (Å²) in [6.45, 7) is 6.63. The van der Waals surface area contributed by atoms with E-state index in [4.69, 9.17) is 0 Å². The molecular weight excluding hydrogens is 352 g/mol. The number of aryl methyl sites for hydroxylation is 2. The predicted molar refractivity (Wildman–Crippen MR) is 110 cm³/mol. The number of nitrogens with one attached hydrogen (secondary N) is 1. The summed E-state index contributed by atoms with van der Waals surface area (Å²) in [5.41, 5.74) is 3.30. The number of aromatic nitrogens is 4. The molecule has 146 valence electrons. The van der Waals surface area contributed by atoms with Gasteiger partial charge in [-0.3, -0.25) is 9.78 Å². The summed E-state index contributed by atoms with van der Waals surface area (Å²) in [4.78, 5) is 23.6. The largest absolute Gasteiger partial charge is 0.347 e. The van der Waals surface area contributed by atoms with Gasteiger partial charge in [-0.05, 0) is 44.5 Å². The quantitative estimate of drug-likeness (QED) is 0.713. The molecular formula is C21H26N6O. The number of rotatable bonds is 6. The Hall–Kier alpha value is -3.22. The topological polar surface area (TPSA) is 75.9 Å². The Labute approximate surface area is 165 Å². The zero-order valence-electron chi connectivity index (χ0n) is 17.0. The molecule has 0 radical (unpaired) electrons. The van der Waals surface area contributed by atoms with Crippen molar-refractivity contribution in [1.82, 2.24) is 25.1 Å². The van der Waals surface area contributed by atoms with Gasteiger partial charge in [0.05, 0.1) is 6.04 Å². The number of amides is 1. The van der Waals surface area contributed by atoms with E-state index in [-0.39, 0.29) is 11.9 Å². The Morgan fingerprint density at radius 3 is 2.64 bits per heavy atom. The lowest BCUT2D eigenvalue weighted by molar-refractivity contribution is 0.0940. The summed E-state index contributed by atoms with van der Waals surface area (Å²) in [6, 6.07) is 11.2. The van der Waals surface area contributed by atoms with Crippen LogP contribution < -0.4 is 10.2 Å². The average Bonchev–Trinajstić information content (AvgIpc) is 3.13. The van der Waals surface area contributed by atoms with E-state index in [1.165, 1.54) is 0 Å². The smallest absolute Gasteiger partial charge is 0.251 e. The van der Waals surface area contributed by atoms with Gasteiger partial charge in [0.15, 0.2) is 5.82 Å². The standard InChI is InChI=1S/C21H26N6O/c1-6-27-21(26(4)5)24-19(25-27)16-8-7-9-17(12-16)20(28)23-15(3)18-11-10-14(2)22-13-18/h7-13,15H,6H2,1-5H3,(H,23,28)/t15-/m1/s1. The summed E-state index contributed by atoms with van der Waals surface area (Å²) in [5, 5.41) is 7.58. The van der Waals surface area contributed by atoms with Crippen LogP contribution >= 0.6 is 0 Å². The fourth-order valence-corrected chi connectivity index (χ4v) is 2.90. The van der Waals surface area contributed by atoms with Crippen LogP contribution in [0.2, 0.25) is 0 Å². The molecule has 2 heterocycles. The van der Waals surface area contributed by atoms with Crippen molar-refractivity contribution in [1.29, 1.82) is 0 Å². The minimum Gasteiger partial charge on any atom is -0.347 e. The number of pyridine rings is 1. The third kappa shape index (κ3) is 4.19. The first-order valence-corrected chi connectivity index (χ1v) is 9.35. The fourth-order valence-electron chi connectivity index (χ4n) is 2.90. The maximum Gasteiger partial charge on any atom is 0.251 e. The highest BCUT2D eigenvalue weighted by Gasteiger charge is 2.15. The van der Waals surface area contributed by atoms with Gasteiger partial charge in [-0.1, -0.05) is 18.2 Å². The lowest BCUT2D eigenvalue weighted by atomic mass is 10.1. The molecule has 1 amide bonds. The first-order chi connectivity index (χ1) is 13.4. The molecule has 7 heteroatoms. The van der Waals surface area contributed by atoms with Crippen LogP contribution in [0.1, 0.15) is 41.5 Å². The molecule has 2 aromatic heterocycles. The maximum atomic E-state index is 12.7. The molecule has 3 aromatic rings. The van der Waals surface area contributed by atoms with E-state index < -0.39 is 0 Å². The minimum absolute atomic E-state index is 0.137. The van der Waals surface area contributed by atoms with E-state index >= 15 is 0 Å². The number of anilines is 1. The summed E-state index contributed by atoms with van der Waals surface area (Å²) in [7, 11) is 3.87. The van der Waals surface area contributed by atoms with E-state index in [9.17, 15) is 4.79 Å². The van der Waals surface area contributed by atoms with Crippen LogP contribution in [-0.2, 0) is 6.54 Å². The van der Waals surface area contributed by atoms with Crippen LogP contribution in [0.5, 0.6) is 0 Å². The van der Waals surface area contributed by atoms with E-state index in [0.29, 0.717) is 11.4 Å². The Bertz CT molecular complexity index is 961. The minimum atomic E-state index is -0.141. The molecule has 28 heavy (non-hydrogen) atoms. The predicted octanol–water partition coefficient (Wildman–Crippen LogP) is 3.23. The number of hydrogen-bond acceptors (Lipinski definition) is 5. The van der Waals surface area contributed by atoms with Crippen LogP contribution in [-0.4, -0.2) is 39.8 Å². The van der Waals surface area contributed by atoms with Crippen molar-refractivity contribution in [3.05, 3.63) is 59.4 Å². The molecule has 3 rings (SSSR count). The van der Waals surface area contributed by atoms with Gasteiger partial charge in [-0.15, -0.1) is 5.10 Å². The lowest BCUT2D eigenvalue weighted by Crippen LogP contribution is -2.26. The Morgan fingerprint density at radius 1 is 1.25 bits per heavy atom. The molecule has 0 bridgehead atoms. The third-order valence-corrected chi connectivity index (χ3v) is 4.52. The van der Waals surface area contributed by atoms with Gasteiger partial charge < -0.3 is 10.2 Å². The zero-order chi connectivity index (χ0) is 20.3. The number of benzene rings is 1. The maximum absolute atomic E-state index is 12.7. The molecule has 1 atom stereocenters. The Kier molecular flexibility index (Phi) is 5.73. The lowest BCUT2D eigenvalue weighted by Gasteiger charge is -2.14. The van der Waals surface area contributed by atoms with E-state index in [2.05, 4.69) is 20.4 Å². The summed E-state index contributed by atoms with van der Waals surface area (Å²) in [5.74, 6) is 1.25. The summed E-state index contributed by atoms with van der Waals surface area (Å²) >= 11 is 0. The SMILES string of the molecule is CCn1nc(-c2cccc(C(=O)N[C@H](C)c3ccc(C)nc3)c2)nc1N(C)C. The van der Waals surface area contributed by atoms with Gasteiger partial charge in [0, 0.05) is 43.7 Å². The normalized spacial score (nSPS) is 11.9. The first kappa shape index (κ1) is 19.5. The monoisotopic (exact) mass is 378 g/mol. The highest BCUT2D eigenvalue weighted by atomic mass is 16.1. The van der Waals surface area contributed by atoms with Crippen molar-refractivity contribution >= 4 is 11.9 Å². The first-order valence-electron chi connectivity index (χ1n) is 9.35. The van der Waals surface area contributed by atoms with Crippen molar-refractivity contribution in [3.63, 3.8) is 0 Å². The van der Waals surface area contributed by atoms with Gasteiger partial charge in [-0.2, -0.15) is 4.98 Å². The number of carbonyl (C=O) groups is 1. The molecule has 0 aliphatic carbocycles. The molecule has 0 unspecified atom stereocenters.